The van der Waals surface area contributed by atoms with E-state index >= 15 is 0 Å². The van der Waals surface area contributed by atoms with Crippen LogP contribution < -0.4 is 0 Å². The smallest absolute Gasteiger partial charge is 0.255 e. The standard InChI is InChI=1S/C10H12ClF2N5O2S/c1-6-9(10(11)17(2)16-6)21(19,20)4-8-14-5-15-18(8)3-7(12)13/h5,7H,3-4H2,1-2H3. The van der Waals surface area contributed by atoms with Crippen molar-refractivity contribution in [3.8, 4) is 0 Å². The summed E-state index contributed by atoms with van der Waals surface area (Å²) in [5.74, 6) is -0.652. The van der Waals surface area contributed by atoms with Crippen molar-refractivity contribution in [3.05, 3.63) is 23.0 Å². The van der Waals surface area contributed by atoms with Gasteiger partial charge in [0.25, 0.3) is 6.43 Å². The molecule has 2 aromatic heterocycles. The largest absolute Gasteiger partial charge is 0.257 e. The van der Waals surface area contributed by atoms with E-state index in [0.29, 0.717) is 0 Å². The van der Waals surface area contributed by atoms with Crippen molar-refractivity contribution in [2.45, 2.75) is 30.5 Å². The molecule has 11 heteroatoms. The van der Waals surface area contributed by atoms with E-state index in [-0.39, 0.29) is 21.6 Å². The fraction of sp³-hybridized carbons (Fsp3) is 0.500. The quantitative estimate of drug-likeness (QED) is 0.817. The fourth-order valence-corrected chi connectivity index (χ4v) is 4.00. The van der Waals surface area contributed by atoms with E-state index in [4.69, 9.17) is 11.6 Å². The molecule has 0 saturated heterocycles. The number of sulfone groups is 1. The minimum atomic E-state index is -3.87. The van der Waals surface area contributed by atoms with E-state index < -0.39 is 28.6 Å². The van der Waals surface area contributed by atoms with E-state index in [1.807, 2.05) is 0 Å². The maximum absolute atomic E-state index is 12.4. The van der Waals surface area contributed by atoms with Crippen molar-refractivity contribution >= 4 is 21.4 Å². The van der Waals surface area contributed by atoms with Crippen molar-refractivity contribution in [2.75, 3.05) is 0 Å². The third-order valence-corrected chi connectivity index (χ3v) is 5.03. The van der Waals surface area contributed by atoms with E-state index in [0.717, 1.165) is 11.0 Å². The topological polar surface area (TPSA) is 82.7 Å². The Labute approximate surface area is 124 Å². The Morgan fingerprint density at radius 2 is 2.10 bits per heavy atom. The molecule has 21 heavy (non-hydrogen) atoms. The zero-order valence-corrected chi connectivity index (χ0v) is 12.7. The molecule has 2 heterocycles. The lowest BCUT2D eigenvalue weighted by atomic mass is 10.5. The summed E-state index contributed by atoms with van der Waals surface area (Å²) in [4.78, 5) is 3.59. The number of halogens is 3. The highest BCUT2D eigenvalue weighted by Crippen LogP contribution is 2.27. The second kappa shape index (κ2) is 5.68. The molecule has 0 amide bonds. The molecule has 116 valence electrons. The summed E-state index contributed by atoms with van der Waals surface area (Å²) in [5.41, 5.74) is 0.238. The highest BCUT2D eigenvalue weighted by Gasteiger charge is 2.27. The second-order valence-corrected chi connectivity index (χ2v) is 6.62. The van der Waals surface area contributed by atoms with Crippen LogP contribution in [-0.4, -0.2) is 39.4 Å². The Hall–Kier alpha value is -1.55. The van der Waals surface area contributed by atoms with Gasteiger partial charge in [-0.25, -0.2) is 26.9 Å². The highest BCUT2D eigenvalue weighted by atomic mass is 35.5. The van der Waals surface area contributed by atoms with Gasteiger partial charge in [0.2, 0.25) is 0 Å². The van der Waals surface area contributed by atoms with Crippen molar-refractivity contribution in [1.82, 2.24) is 24.5 Å². The molecule has 0 aliphatic heterocycles. The Morgan fingerprint density at radius 1 is 1.43 bits per heavy atom. The van der Waals surface area contributed by atoms with Crippen LogP contribution in [0.2, 0.25) is 5.15 Å². The zero-order valence-electron chi connectivity index (χ0n) is 11.2. The van der Waals surface area contributed by atoms with Crippen molar-refractivity contribution in [2.24, 2.45) is 7.05 Å². The average Bonchev–Trinajstić information content (AvgIpc) is 2.84. The van der Waals surface area contributed by atoms with Crippen molar-refractivity contribution < 1.29 is 17.2 Å². The lowest BCUT2D eigenvalue weighted by molar-refractivity contribution is 0.120. The second-order valence-electron chi connectivity index (χ2n) is 4.34. The molecular weight excluding hydrogens is 328 g/mol. The predicted octanol–water partition coefficient (Wildman–Crippen LogP) is 1.21. The van der Waals surface area contributed by atoms with Gasteiger partial charge in [-0.15, -0.1) is 0 Å². The molecule has 7 nitrogen and oxygen atoms in total. The Kier molecular flexibility index (Phi) is 4.28. The van der Waals surface area contributed by atoms with Gasteiger partial charge in [-0.3, -0.25) is 4.68 Å². The van der Waals surface area contributed by atoms with Crippen LogP contribution in [0.15, 0.2) is 11.2 Å². The number of hydrogen-bond acceptors (Lipinski definition) is 5. The Morgan fingerprint density at radius 3 is 2.62 bits per heavy atom. The first kappa shape index (κ1) is 15.8. The van der Waals surface area contributed by atoms with Crippen LogP contribution in [0.4, 0.5) is 8.78 Å². The van der Waals surface area contributed by atoms with E-state index in [2.05, 4.69) is 15.2 Å². The zero-order chi connectivity index (χ0) is 15.8. The van der Waals surface area contributed by atoms with Crippen LogP contribution in [0.25, 0.3) is 0 Å². The monoisotopic (exact) mass is 339 g/mol. The molecule has 0 saturated carbocycles. The molecule has 0 aliphatic rings. The molecule has 0 unspecified atom stereocenters. The van der Waals surface area contributed by atoms with Crippen LogP contribution in [-0.2, 0) is 29.2 Å². The number of nitrogens with zero attached hydrogens (tertiary/aromatic N) is 5. The minimum absolute atomic E-state index is 0.0348. The Bertz CT molecular complexity index is 756. The molecule has 0 atom stereocenters. The van der Waals surface area contributed by atoms with E-state index in [1.54, 1.807) is 0 Å². The van der Waals surface area contributed by atoms with E-state index in [9.17, 15) is 17.2 Å². The van der Waals surface area contributed by atoms with Crippen LogP contribution in [0.5, 0.6) is 0 Å². The number of alkyl halides is 2. The molecule has 0 aliphatic carbocycles. The number of rotatable bonds is 5. The van der Waals surface area contributed by atoms with Gasteiger partial charge in [-0.1, -0.05) is 11.6 Å². The fourth-order valence-electron chi connectivity index (χ4n) is 1.89. The highest BCUT2D eigenvalue weighted by molar-refractivity contribution is 7.90. The number of aromatic nitrogens is 5. The third kappa shape index (κ3) is 3.21. The first-order valence-corrected chi connectivity index (χ1v) is 7.82. The summed E-state index contributed by atoms with van der Waals surface area (Å²) in [6, 6.07) is 0. The third-order valence-electron chi connectivity index (χ3n) is 2.74. The SMILES string of the molecule is Cc1nn(C)c(Cl)c1S(=O)(=O)Cc1ncnn1CC(F)F. The van der Waals surface area contributed by atoms with Gasteiger partial charge in [-0.05, 0) is 6.92 Å². The molecule has 0 N–H and O–H groups in total. The maximum Gasteiger partial charge on any atom is 0.257 e. The van der Waals surface area contributed by atoms with E-state index in [1.165, 1.54) is 18.7 Å². The van der Waals surface area contributed by atoms with Gasteiger partial charge in [0.05, 0.1) is 5.69 Å². The number of aryl methyl sites for hydroxylation is 2. The summed E-state index contributed by atoms with van der Waals surface area (Å²) >= 11 is 5.92. The first-order valence-electron chi connectivity index (χ1n) is 5.79. The van der Waals surface area contributed by atoms with Gasteiger partial charge >= 0.3 is 0 Å². The number of hydrogen-bond donors (Lipinski definition) is 0. The molecule has 2 rings (SSSR count). The normalized spacial score (nSPS) is 12.3. The van der Waals surface area contributed by atoms with Gasteiger partial charge in [0, 0.05) is 7.05 Å². The maximum atomic E-state index is 12.4. The van der Waals surface area contributed by atoms with Gasteiger partial charge in [-0.2, -0.15) is 10.2 Å². The van der Waals surface area contributed by atoms with Gasteiger partial charge in [0.15, 0.2) is 9.84 Å². The molecule has 0 spiro atoms. The van der Waals surface area contributed by atoms with Crippen LogP contribution in [0.1, 0.15) is 11.5 Å². The molecule has 0 radical (unpaired) electrons. The molecule has 0 bridgehead atoms. The van der Waals surface area contributed by atoms with Crippen molar-refractivity contribution in [1.29, 1.82) is 0 Å². The molecular formula is C10H12ClF2N5O2S. The summed E-state index contributed by atoms with van der Waals surface area (Å²) in [7, 11) is -2.36. The average molecular weight is 340 g/mol. The minimum Gasteiger partial charge on any atom is -0.255 e. The summed E-state index contributed by atoms with van der Waals surface area (Å²) in [5, 5.41) is 7.48. The summed E-state index contributed by atoms with van der Waals surface area (Å²) in [6.07, 6.45) is -1.62. The summed E-state index contributed by atoms with van der Waals surface area (Å²) < 4.78 is 51.7. The van der Waals surface area contributed by atoms with Crippen LogP contribution in [0, 0.1) is 6.92 Å². The Balaban J connectivity index is 2.36. The summed E-state index contributed by atoms with van der Waals surface area (Å²) in [6.45, 7) is 0.785. The lowest BCUT2D eigenvalue weighted by Crippen LogP contribution is -2.16. The molecule has 0 fully saturated rings. The van der Waals surface area contributed by atoms with Gasteiger partial charge in [0.1, 0.15) is 34.5 Å². The van der Waals surface area contributed by atoms with Crippen molar-refractivity contribution in [3.63, 3.8) is 0 Å². The molecule has 2 aromatic rings. The first-order chi connectivity index (χ1) is 9.72. The lowest BCUT2D eigenvalue weighted by Gasteiger charge is -2.06. The van der Waals surface area contributed by atoms with Crippen LogP contribution in [0.3, 0.4) is 0 Å². The van der Waals surface area contributed by atoms with Gasteiger partial charge < -0.3 is 0 Å². The van der Waals surface area contributed by atoms with Crippen LogP contribution >= 0.6 is 11.6 Å². The molecule has 0 aromatic carbocycles. The predicted molar refractivity (Wildman–Crippen MR) is 69.9 cm³/mol.